The second-order valence-electron chi connectivity index (χ2n) is 4.09. The summed E-state index contributed by atoms with van der Waals surface area (Å²) in [6.07, 6.45) is 0. The molecule has 104 valence electrons. The fourth-order valence-electron chi connectivity index (χ4n) is 1.36. The molecule has 0 aliphatic heterocycles. The van der Waals surface area contributed by atoms with Crippen molar-refractivity contribution in [2.75, 3.05) is 7.11 Å². The molecule has 8 heteroatoms. The minimum atomic E-state index is -0.777. The minimum Gasteiger partial charge on any atom is -0.467 e. The van der Waals surface area contributed by atoms with Gasteiger partial charge in [-0.15, -0.1) is 10.2 Å². The van der Waals surface area contributed by atoms with E-state index in [1.165, 1.54) is 13.2 Å². The quantitative estimate of drug-likeness (QED) is 0.856. The zero-order chi connectivity index (χ0) is 14.6. The monoisotopic (exact) mass is 305 g/mol. The molecule has 0 spiro atoms. The van der Waals surface area contributed by atoms with Crippen LogP contribution in [0.4, 0.5) is 0 Å². The maximum Gasteiger partial charge on any atom is 0.328 e. The third kappa shape index (κ3) is 4.04. The number of carbonyl (C=O) groups excluding carboxylic acids is 2. The number of esters is 1. The van der Waals surface area contributed by atoms with E-state index in [1.807, 2.05) is 0 Å². The van der Waals surface area contributed by atoms with Crippen LogP contribution in [0.3, 0.4) is 0 Å². The van der Waals surface area contributed by atoms with Crippen LogP contribution >= 0.6 is 23.2 Å². The highest BCUT2D eigenvalue weighted by molar-refractivity contribution is 6.34. The summed E-state index contributed by atoms with van der Waals surface area (Å²) < 4.78 is 4.62. The molecule has 1 atom stereocenters. The Kier molecular flexibility index (Phi) is 5.50. The molecule has 6 nitrogen and oxygen atoms in total. The van der Waals surface area contributed by atoms with Crippen molar-refractivity contribution in [3.8, 4) is 0 Å². The Morgan fingerprint density at radius 2 is 1.95 bits per heavy atom. The Labute approximate surface area is 120 Å². The van der Waals surface area contributed by atoms with Gasteiger partial charge in [-0.05, 0) is 12.0 Å². The fraction of sp³-hybridized carbons (Fsp3) is 0.455. The summed E-state index contributed by atoms with van der Waals surface area (Å²) in [6.45, 7) is 3.56. The highest BCUT2D eigenvalue weighted by Crippen LogP contribution is 2.16. The largest absolute Gasteiger partial charge is 0.467 e. The van der Waals surface area contributed by atoms with Gasteiger partial charge in [-0.25, -0.2) is 4.79 Å². The van der Waals surface area contributed by atoms with Crippen LogP contribution in [0, 0.1) is 5.92 Å². The molecule has 0 aliphatic rings. The van der Waals surface area contributed by atoms with E-state index in [4.69, 9.17) is 23.2 Å². The van der Waals surface area contributed by atoms with Crippen molar-refractivity contribution >= 4 is 35.1 Å². The van der Waals surface area contributed by atoms with Crippen LogP contribution in [-0.2, 0) is 9.53 Å². The molecule has 1 heterocycles. The SMILES string of the molecule is COC(=O)[C@@H](NC(=O)c1cc(Cl)nnc1Cl)C(C)C. The molecule has 1 aromatic rings. The van der Waals surface area contributed by atoms with Crippen molar-refractivity contribution in [2.24, 2.45) is 5.92 Å². The predicted octanol–water partition coefficient (Wildman–Crippen LogP) is 1.71. The van der Waals surface area contributed by atoms with Crippen LogP contribution in [0.1, 0.15) is 24.2 Å². The zero-order valence-electron chi connectivity index (χ0n) is 10.6. The number of amides is 1. The van der Waals surface area contributed by atoms with Crippen LogP contribution in [0.2, 0.25) is 10.3 Å². The lowest BCUT2D eigenvalue weighted by atomic mass is 10.0. The molecule has 0 aliphatic carbocycles. The molecule has 19 heavy (non-hydrogen) atoms. The normalized spacial score (nSPS) is 12.1. The number of halogens is 2. The molecule has 1 amide bonds. The van der Waals surface area contributed by atoms with Gasteiger partial charge in [0.25, 0.3) is 5.91 Å². The zero-order valence-corrected chi connectivity index (χ0v) is 12.1. The average Bonchev–Trinajstić information content (AvgIpc) is 2.37. The molecule has 0 radical (unpaired) electrons. The highest BCUT2D eigenvalue weighted by Gasteiger charge is 2.26. The van der Waals surface area contributed by atoms with Crippen LogP contribution in [-0.4, -0.2) is 35.2 Å². The van der Waals surface area contributed by atoms with E-state index >= 15 is 0 Å². The van der Waals surface area contributed by atoms with Gasteiger partial charge in [-0.2, -0.15) is 0 Å². The molecular formula is C11H13Cl2N3O3. The molecule has 0 saturated carbocycles. The van der Waals surface area contributed by atoms with Crippen molar-refractivity contribution in [1.82, 2.24) is 15.5 Å². The summed E-state index contributed by atoms with van der Waals surface area (Å²) in [5.74, 6) is -1.24. The molecule has 0 bridgehead atoms. The lowest BCUT2D eigenvalue weighted by Crippen LogP contribution is -2.45. The van der Waals surface area contributed by atoms with Gasteiger partial charge in [0.2, 0.25) is 0 Å². The molecule has 1 aromatic heterocycles. The summed E-state index contributed by atoms with van der Waals surface area (Å²) in [4.78, 5) is 23.6. The molecule has 1 N–H and O–H groups in total. The standard InChI is InChI=1S/C11H13Cl2N3O3/c1-5(2)8(11(18)19-3)14-10(17)6-4-7(12)15-16-9(6)13/h4-5,8H,1-3H3,(H,14,17)/t8-/m0/s1. The number of nitrogens with one attached hydrogen (secondary N) is 1. The molecule has 0 saturated heterocycles. The van der Waals surface area contributed by atoms with Gasteiger partial charge in [0.15, 0.2) is 10.3 Å². The second-order valence-corrected chi connectivity index (χ2v) is 4.84. The summed E-state index contributed by atoms with van der Waals surface area (Å²) >= 11 is 11.4. The van der Waals surface area contributed by atoms with E-state index in [0.29, 0.717) is 0 Å². The first-order valence-electron chi connectivity index (χ1n) is 5.44. The summed E-state index contributed by atoms with van der Waals surface area (Å²) in [5.41, 5.74) is 0.0521. The maximum atomic E-state index is 12.0. The van der Waals surface area contributed by atoms with Gasteiger partial charge in [0.1, 0.15) is 6.04 Å². The van der Waals surface area contributed by atoms with Crippen molar-refractivity contribution in [1.29, 1.82) is 0 Å². The molecule has 1 rings (SSSR count). The topological polar surface area (TPSA) is 81.2 Å². The van der Waals surface area contributed by atoms with E-state index in [2.05, 4.69) is 20.3 Å². The summed E-state index contributed by atoms with van der Waals surface area (Å²) in [7, 11) is 1.25. The predicted molar refractivity (Wildman–Crippen MR) is 70.2 cm³/mol. The van der Waals surface area contributed by atoms with Crippen LogP contribution in [0.5, 0.6) is 0 Å². The number of rotatable bonds is 4. The number of hydrogen-bond acceptors (Lipinski definition) is 5. The summed E-state index contributed by atoms with van der Waals surface area (Å²) in [5, 5.41) is 9.50. The van der Waals surface area contributed by atoms with Gasteiger partial charge in [-0.1, -0.05) is 37.0 Å². The first kappa shape index (κ1) is 15.7. The molecule has 0 aromatic carbocycles. The Morgan fingerprint density at radius 3 is 2.47 bits per heavy atom. The third-order valence-corrected chi connectivity index (χ3v) is 2.84. The van der Waals surface area contributed by atoms with Gasteiger partial charge < -0.3 is 10.1 Å². The van der Waals surface area contributed by atoms with Crippen molar-refractivity contribution < 1.29 is 14.3 Å². The lowest BCUT2D eigenvalue weighted by molar-refractivity contribution is -0.144. The highest BCUT2D eigenvalue weighted by atomic mass is 35.5. The number of ether oxygens (including phenoxy) is 1. The van der Waals surface area contributed by atoms with E-state index in [-0.39, 0.29) is 21.8 Å². The minimum absolute atomic E-state index is 0.0358. The van der Waals surface area contributed by atoms with Crippen LogP contribution in [0.15, 0.2) is 6.07 Å². The van der Waals surface area contributed by atoms with Gasteiger partial charge in [0, 0.05) is 0 Å². The van der Waals surface area contributed by atoms with Crippen molar-refractivity contribution in [2.45, 2.75) is 19.9 Å². The number of nitrogens with zero attached hydrogens (tertiary/aromatic N) is 2. The van der Waals surface area contributed by atoms with Gasteiger partial charge >= 0.3 is 5.97 Å². The van der Waals surface area contributed by atoms with Gasteiger partial charge in [-0.3, -0.25) is 4.79 Å². The molecule has 0 fully saturated rings. The van der Waals surface area contributed by atoms with Crippen LogP contribution in [0.25, 0.3) is 0 Å². The first-order valence-corrected chi connectivity index (χ1v) is 6.19. The van der Waals surface area contributed by atoms with E-state index in [0.717, 1.165) is 0 Å². The number of methoxy groups -OCH3 is 1. The maximum absolute atomic E-state index is 12.0. The fourth-order valence-corrected chi connectivity index (χ4v) is 1.68. The Balaban J connectivity index is 2.94. The Morgan fingerprint density at radius 1 is 1.32 bits per heavy atom. The molecule has 0 unspecified atom stereocenters. The number of aromatic nitrogens is 2. The van der Waals surface area contributed by atoms with Crippen molar-refractivity contribution in [3.05, 3.63) is 21.9 Å². The van der Waals surface area contributed by atoms with Gasteiger partial charge in [0.05, 0.1) is 12.7 Å². The summed E-state index contributed by atoms with van der Waals surface area (Å²) in [6, 6.07) is 0.501. The lowest BCUT2D eigenvalue weighted by Gasteiger charge is -2.19. The van der Waals surface area contributed by atoms with Crippen LogP contribution < -0.4 is 5.32 Å². The Hall–Kier alpha value is -1.40. The van der Waals surface area contributed by atoms with Crippen molar-refractivity contribution in [3.63, 3.8) is 0 Å². The van der Waals surface area contributed by atoms with E-state index in [9.17, 15) is 9.59 Å². The average molecular weight is 306 g/mol. The second kappa shape index (κ2) is 6.68. The van der Waals surface area contributed by atoms with E-state index < -0.39 is 17.9 Å². The van der Waals surface area contributed by atoms with E-state index in [1.54, 1.807) is 13.8 Å². The smallest absolute Gasteiger partial charge is 0.328 e. The Bertz CT molecular complexity index is 494. The first-order chi connectivity index (χ1) is 8.86. The molecular weight excluding hydrogens is 293 g/mol. The number of carbonyl (C=O) groups is 2. The third-order valence-electron chi connectivity index (χ3n) is 2.37. The number of hydrogen-bond donors (Lipinski definition) is 1.